The molecule has 0 heterocycles. The van der Waals surface area contributed by atoms with Gasteiger partial charge in [-0.1, -0.05) is 13.0 Å². The van der Waals surface area contributed by atoms with Crippen LogP contribution >= 0.6 is 0 Å². The first-order valence-corrected chi connectivity index (χ1v) is 7.61. The number of esters is 1. The van der Waals surface area contributed by atoms with Crippen molar-refractivity contribution in [2.24, 2.45) is 0 Å². The van der Waals surface area contributed by atoms with Gasteiger partial charge in [0.1, 0.15) is 11.3 Å². The fourth-order valence-corrected chi connectivity index (χ4v) is 3.09. The quantitative estimate of drug-likeness (QED) is 0.847. The van der Waals surface area contributed by atoms with E-state index in [-0.39, 0.29) is 12.0 Å². The molecule has 1 aromatic carbocycles. The van der Waals surface area contributed by atoms with Crippen molar-refractivity contribution in [2.75, 3.05) is 14.2 Å². The minimum Gasteiger partial charge on any atom is -0.497 e. The number of carbonyl (C=O) groups excluding carboxylic acids is 1. The molecular formula is C17H25NO3. The van der Waals surface area contributed by atoms with E-state index in [1.807, 2.05) is 12.1 Å². The highest BCUT2D eigenvalue weighted by Gasteiger charge is 2.45. The van der Waals surface area contributed by atoms with Crippen LogP contribution in [0.15, 0.2) is 18.2 Å². The summed E-state index contributed by atoms with van der Waals surface area (Å²) in [5.74, 6) is 0.562. The van der Waals surface area contributed by atoms with Crippen molar-refractivity contribution in [1.82, 2.24) is 5.32 Å². The van der Waals surface area contributed by atoms with Crippen molar-refractivity contribution in [3.63, 3.8) is 0 Å². The molecule has 0 bridgehead atoms. The van der Waals surface area contributed by atoms with Gasteiger partial charge in [-0.25, -0.2) is 4.79 Å². The number of methoxy groups -OCH3 is 2. The van der Waals surface area contributed by atoms with Gasteiger partial charge in [-0.3, -0.25) is 5.32 Å². The normalized spacial score (nSPS) is 22.3. The minimum atomic E-state index is -0.758. The predicted molar refractivity (Wildman–Crippen MR) is 82.5 cm³/mol. The lowest BCUT2D eigenvalue weighted by Gasteiger charge is -2.39. The third-order valence-corrected chi connectivity index (χ3v) is 4.41. The van der Waals surface area contributed by atoms with Crippen LogP contribution in [0.5, 0.6) is 5.75 Å². The molecular weight excluding hydrogens is 266 g/mol. The Morgan fingerprint density at radius 2 is 2.19 bits per heavy atom. The Bertz CT molecular complexity index is 515. The molecule has 2 rings (SSSR count). The maximum absolute atomic E-state index is 12.6. The van der Waals surface area contributed by atoms with Gasteiger partial charge < -0.3 is 9.47 Å². The lowest BCUT2D eigenvalue weighted by Crippen LogP contribution is -2.54. The van der Waals surface area contributed by atoms with Crippen molar-refractivity contribution in [2.45, 2.75) is 51.1 Å². The highest BCUT2D eigenvalue weighted by atomic mass is 16.5. The van der Waals surface area contributed by atoms with Crippen LogP contribution in [0.4, 0.5) is 0 Å². The van der Waals surface area contributed by atoms with Crippen LogP contribution in [0.25, 0.3) is 0 Å². The number of rotatable bonds is 5. The molecule has 1 aliphatic carbocycles. The van der Waals surface area contributed by atoms with Crippen LogP contribution in [0, 0.1) is 0 Å². The van der Waals surface area contributed by atoms with Crippen LogP contribution in [0.1, 0.15) is 44.2 Å². The Balaban J connectivity index is 2.53. The summed E-state index contributed by atoms with van der Waals surface area (Å²) in [5.41, 5.74) is 1.44. The second-order valence-electron chi connectivity index (χ2n) is 5.73. The van der Waals surface area contributed by atoms with Gasteiger partial charge in [0.25, 0.3) is 0 Å². The summed E-state index contributed by atoms with van der Waals surface area (Å²) in [6, 6.07) is 6.22. The van der Waals surface area contributed by atoms with E-state index < -0.39 is 5.54 Å². The fraction of sp³-hybridized carbons (Fsp3) is 0.588. The number of hydrogen-bond acceptors (Lipinski definition) is 4. The van der Waals surface area contributed by atoms with E-state index in [2.05, 4.69) is 25.2 Å². The largest absolute Gasteiger partial charge is 0.497 e. The van der Waals surface area contributed by atoms with Crippen LogP contribution in [0.3, 0.4) is 0 Å². The molecule has 1 aromatic rings. The average Bonchev–Trinajstić information content (AvgIpc) is 2.53. The number of hydrogen-bond donors (Lipinski definition) is 1. The summed E-state index contributed by atoms with van der Waals surface area (Å²) in [6.45, 7) is 4.21. The van der Waals surface area contributed by atoms with E-state index >= 15 is 0 Å². The molecule has 0 saturated carbocycles. The summed E-state index contributed by atoms with van der Waals surface area (Å²) in [6.07, 6.45) is 3.67. The summed E-state index contributed by atoms with van der Waals surface area (Å²) in [4.78, 5) is 12.6. The highest BCUT2D eigenvalue weighted by molar-refractivity contribution is 5.84. The van der Waals surface area contributed by atoms with Crippen molar-refractivity contribution in [3.8, 4) is 5.75 Å². The highest BCUT2D eigenvalue weighted by Crippen LogP contribution is 2.38. The maximum Gasteiger partial charge on any atom is 0.330 e. The summed E-state index contributed by atoms with van der Waals surface area (Å²) in [7, 11) is 3.10. The van der Waals surface area contributed by atoms with Gasteiger partial charge in [-0.15, -0.1) is 0 Å². The molecule has 116 valence electrons. The number of benzene rings is 1. The lowest BCUT2D eigenvalue weighted by atomic mass is 9.75. The van der Waals surface area contributed by atoms with Gasteiger partial charge in [0.15, 0.2) is 0 Å². The van der Waals surface area contributed by atoms with Crippen LogP contribution in [-0.4, -0.2) is 26.2 Å². The average molecular weight is 291 g/mol. The molecule has 0 fully saturated rings. The first-order valence-electron chi connectivity index (χ1n) is 7.61. The zero-order chi connectivity index (χ0) is 15.5. The van der Waals surface area contributed by atoms with E-state index in [4.69, 9.17) is 9.47 Å². The number of carbonyl (C=O) groups is 1. The van der Waals surface area contributed by atoms with Gasteiger partial charge in [-0.2, -0.15) is 0 Å². The minimum absolute atomic E-state index is 0.211. The Hall–Kier alpha value is -1.55. The van der Waals surface area contributed by atoms with Gasteiger partial charge >= 0.3 is 5.97 Å². The molecule has 0 aliphatic heterocycles. The van der Waals surface area contributed by atoms with E-state index in [0.29, 0.717) is 0 Å². The monoisotopic (exact) mass is 291 g/mol. The number of fused-ring (bicyclic) bond motifs is 1. The van der Waals surface area contributed by atoms with Gasteiger partial charge in [0.05, 0.1) is 14.2 Å². The van der Waals surface area contributed by atoms with Gasteiger partial charge in [-0.05, 0) is 55.9 Å². The van der Waals surface area contributed by atoms with Crippen LogP contribution < -0.4 is 10.1 Å². The summed E-state index contributed by atoms with van der Waals surface area (Å²) < 4.78 is 10.5. The second-order valence-corrected chi connectivity index (χ2v) is 5.73. The van der Waals surface area contributed by atoms with Crippen LogP contribution in [-0.2, 0) is 21.5 Å². The molecule has 4 heteroatoms. The molecule has 1 aliphatic rings. The standard InChI is InChI=1S/C17H25NO3/c1-5-12(2)18-17(16(19)21-4)10-6-7-13-8-9-14(20-3)11-15(13)17/h8-9,11-12,18H,5-7,10H2,1-4H3. The Morgan fingerprint density at radius 1 is 1.43 bits per heavy atom. The zero-order valence-corrected chi connectivity index (χ0v) is 13.4. The molecule has 2 unspecified atom stereocenters. The number of aryl methyl sites for hydroxylation is 1. The van der Waals surface area contributed by atoms with E-state index in [0.717, 1.165) is 37.0 Å². The smallest absolute Gasteiger partial charge is 0.330 e. The fourth-order valence-electron chi connectivity index (χ4n) is 3.09. The maximum atomic E-state index is 12.6. The van der Waals surface area contributed by atoms with Gasteiger partial charge in [0.2, 0.25) is 0 Å². The summed E-state index contributed by atoms with van der Waals surface area (Å²) in [5, 5.41) is 3.51. The van der Waals surface area contributed by atoms with Crippen molar-refractivity contribution >= 4 is 5.97 Å². The van der Waals surface area contributed by atoms with Crippen molar-refractivity contribution < 1.29 is 14.3 Å². The van der Waals surface area contributed by atoms with Crippen LogP contribution in [0.2, 0.25) is 0 Å². The Morgan fingerprint density at radius 3 is 2.81 bits per heavy atom. The molecule has 2 atom stereocenters. The van der Waals surface area contributed by atoms with Crippen molar-refractivity contribution in [3.05, 3.63) is 29.3 Å². The Labute approximate surface area is 126 Å². The lowest BCUT2D eigenvalue weighted by molar-refractivity contribution is -0.150. The SMILES string of the molecule is CCC(C)NC1(C(=O)OC)CCCc2ccc(OC)cc21. The first kappa shape index (κ1) is 15.8. The van der Waals surface area contributed by atoms with E-state index in [1.54, 1.807) is 7.11 Å². The van der Waals surface area contributed by atoms with E-state index in [9.17, 15) is 4.79 Å². The molecule has 0 aromatic heterocycles. The topological polar surface area (TPSA) is 47.6 Å². The molecule has 1 N–H and O–H groups in total. The molecule has 0 spiro atoms. The first-order chi connectivity index (χ1) is 10.1. The Kier molecular flexibility index (Phi) is 4.88. The molecule has 0 amide bonds. The summed E-state index contributed by atoms with van der Waals surface area (Å²) >= 11 is 0. The van der Waals surface area contributed by atoms with Crippen molar-refractivity contribution in [1.29, 1.82) is 0 Å². The molecule has 0 radical (unpaired) electrons. The van der Waals surface area contributed by atoms with E-state index in [1.165, 1.54) is 12.7 Å². The van der Waals surface area contributed by atoms with Gasteiger partial charge in [0, 0.05) is 6.04 Å². The third kappa shape index (κ3) is 2.91. The molecule has 0 saturated heterocycles. The number of nitrogens with one attached hydrogen (secondary N) is 1. The number of ether oxygens (including phenoxy) is 2. The zero-order valence-electron chi connectivity index (χ0n) is 13.4. The molecule has 21 heavy (non-hydrogen) atoms. The molecule has 4 nitrogen and oxygen atoms in total. The second kappa shape index (κ2) is 6.48. The third-order valence-electron chi connectivity index (χ3n) is 4.41. The predicted octanol–water partition coefficient (Wildman–Crippen LogP) is 2.79.